The second-order valence-corrected chi connectivity index (χ2v) is 6.00. The highest BCUT2D eigenvalue weighted by Gasteiger charge is 1.97. The maximum Gasteiger partial charge on any atom is 0.0758 e. The van der Waals surface area contributed by atoms with Crippen molar-refractivity contribution in [1.82, 2.24) is 5.32 Å². The number of aliphatic hydroxyl groups excluding tert-OH is 2. The second kappa shape index (κ2) is 18.2. The van der Waals surface area contributed by atoms with Gasteiger partial charge in [-0.1, -0.05) is 81.7 Å². The Morgan fingerprint density at radius 2 is 1.50 bits per heavy atom. The highest BCUT2D eigenvalue weighted by molar-refractivity contribution is 5.13. The van der Waals surface area contributed by atoms with Crippen molar-refractivity contribution >= 4 is 0 Å². The quantitative estimate of drug-likeness (QED) is 0.238. The van der Waals surface area contributed by atoms with Crippen molar-refractivity contribution in [2.24, 2.45) is 0 Å². The number of nitrogens with one attached hydrogen (secondary N) is 1. The Morgan fingerprint density at radius 3 is 2.17 bits per heavy atom. The zero-order valence-electron chi connectivity index (χ0n) is 15.5. The molecule has 0 saturated carbocycles. The molecule has 0 fully saturated rings. The van der Waals surface area contributed by atoms with Crippen LogP contribution in [-0.2, 0) is 0 Å². The molecule has 0 aliphatic carbocycles. The van der Waals surface area contributed by atoms with Crippen LogP contribution in [-0.4, -0.2) is 35.5 Å². The predicted molar refractivity (Wildman–Crippen MR) is 105 cm³/mol. The van der Waals surface area contributed by atoms with Crippen molar-refractivity contribution in [3.63, 3.8) is 0 Å². The zero-order chi connectivity index (χ0) is 17.9. The minimum atomic E-state index is -0.435. The van der Waals surface area contributed by atoms with E-state index in [0.717, 1.165) is 25.9 Å². The molecule has 0 bridgehead atoms. The number of aliphatic hydroxyl groups is 2. The van der Waals surface area contributed by atoms with Crippen LogP contribution in [0.2, 0.25) is 0 Å². The van der Waals surface area contributed by atoms with Crippen LogP contribution in [0.25, 0.3) is 0 Å². The molecule has 2 atom stereocenters. The third-order valence-electron chi connectivity index (χ3n) is 3.60. The Bertz CT molecular complexity index is 372. The SMILES string of the molecule is CC/C=C\C[C@H](O)/C=C/C=C\C=C\[C@@H](O)CCNCCCCCC. The molecule has 0 aromatic carbocycles. The van der Waals surface area contributed by atoms with Gasteiger partial charge in [0.05, 0.1) is 12.2 Å². The summed E-state index contributed by atoms with van der Waals surface area (Å²) in [5.74, 6) is 0. The molecule has 0 aliphatic heterocycles. The third kappa shape index (κ3) is 17.2. The van der Waals surface area contributed by atoms with Crippen molar-refractivity contribution in [3.8, 4) is 0 Å². The molecule has 0 saturated heterocycles. The summed E-state index contributed by atoms with van der Waals surface area (Å²) in [6, 6.07) is 0. The molecule has 0 unspecified atom stereocenters. The first-order valence-electron chi connectivity index (χ1n) is 9.44. The van der Waals surface area contributed by atoms with E-state index in [1.807, 2.05) is 30.4 Å². The third-order valence-corrected chi connectivity index (χ3v) is 3.60. The summed E-state index contributed by atoms with van der Waals surface area (Å²) < 4.78 is 0. The lowest BCUT2D eigenvalue weighted by molar-refractivity contribution is 0.211. The van der Waals surface area contributed by atoms with Crippen LogP contribution in [0.3, 0.4) is 0 Å². The number of hydrogen-bond donors (Lipinski definition) is 3. The van der Waals surface area contributed by atoms with Gasteiger partial charge in [-0.3, -0.25) is 0 Å². The average Bonchev–Trinajstić information content (AvgIpc) is 2.57. The Kier molecular flexibility index (Phi) is 17.3. The molecule has 3 nitrogen and oxygen atoms in total. The lowest BCUT2D eigenvalue weighted by Gasteiger charge is -2.06. The Morgan fingerprint density at radius 1 is 0.792 bits per heavy atom. The summed E-state index contributed by atoms with van der Waals surface area (Å²) in [4.78, 5) is 0. The molecule has 0 radical (unpaired) electrons. The molecule has 0 spiro atoms. The minimum Gasteiger partial charge on any atom is -0.389 e. The first-order valence-corrected chi connectivity index (χ1v) is 9.44. The standard InChI is InChI=1S/C21H37NO2/c1-3-5-7-13-18-22-19-17-21(24)16-12-9-8-11-15-20(23)14-10-6-4-2/h6,8-12,15-16,20-24H,3-5,7,13-14,17-19H2,1-2H3/b9-8-,10-6-,15-11+,16-12+/t20-,21+/m0/s1. The normalized spacial score (nSPS) is 15.3. The lowest BCUT2D eigenvalue weighted by Crippen LogP contribution is -2.20. The van der Waals surface area contributed by atoms with E-state index in [-0.39, 0.29) is 0 Å². The highest BCUT2D eigenvalue weighted by Crippen LogP contribution is 1.99. The number of hydrogen-bond acceptors (Lipinski definition) is 3. The van der Waals surface area contributed by atoms with Gasteiger partial charge in [0, 0.05) is 0 Å². The van der Waals surface area contributed by atoms with Crippen LogP contribution in [0.1, 0.15) is 58.8 Å². The van der Waals surface area contributed by atoms with E-state index in [1.165, 1.54) is 25.7 Å². The monoisotopic (exact) mass is 335 g/mol. The first kappa shape index (κ1) is 22.8. The van der Waals surface area contributed by atoms with Gasteiger partial charge < -0.3 is 15.5 Å². The van der Waals surface area contributed by atoms with Gasteiger partial charge in [-0.25, -0.2) is 0 Å². The number of allylic oxidation sites excluding steroid dienone is 5. The molecule has 3 heteroatoms. The van der Waals surface area contributed by atoms with Gasteiger partial charge in [0.25, 0.3) is 0 Å². The second-order valence-electron chi connectivity index (χ2n) is 6.00. The van der Waals surface area contributed by atoms with Crippen molar-refractivity contribution in [1.29, 1.82) is 0 Å². The topological polar surface area (TPSA) is 52.5 Å². The smallest absolute Gasteiger partial charge is 0.0758 e. The van der Waals surface area contributed by atoms with Crippen LogP contribution >= 0.6 is 0 Å². The van der Waals surface area contributed by atoms with E-state index in [1.54, 1.807) is 12.2 Å². The van der Waals surface area contributed by atoms with E-state index >= 15 is 0 Å². The molecule has 3 N–H and O–H groups in total. The van der Waals surface area contributed by atoms with E-state index in [4.69, 9.17) is 0 Å². The number of rotatable bonds is 15. The van der Waals surface area contributed by atoms with Crippen molar-refractivity contribution < 1.29 is 10.2 Å². The highest BCUT2D eigenvalue weighted by atomic mass is 16.3. The molecular formula is C21H37NO2. The zero-order valence-corrected chi connectivity index (χ0v) is 15.5. The Balaban J connectivity index is 3.68. The molecule has 0 rings (SSSR count). The summed E-state index contributed by atoms with van der Waals surface area (Å²) in [7, 11) is 0. The van der Waals surface area contributed by atoms with E-state index in [2.05, 4.69) is 25.2 Å². The maximum absolute atomic E-state index is 9.83. The van der Waals surface area contributed by atoms with E-state index in [9.17, 15) is 10.2 Å². The van der Waals surface area contributed by atoms with Gasteiger partial charge in [-0.15, -0.1) is 0 Å². The van der Waals surface area contributed by atoms with Crippen LogP contribution < -0.4 is 5.32 Å². The summed E-state index contributed by atoms with van der Waals surface area (Å²) in [5.41, 5.74) is 0. The van der Waals surface area contributed by atoms with E-state index in [0.29, 0.717) is 6.42 Å². The minimum absolute atomic E-state index is 0.411. The van der Waals surface area contributed by atoms with Gasteiger partial charge in [-0.2, -0.15) is 0 Å². The van der Waals surface area contributed by atoms with Crippen LogP contribution in [0.15, 0.2) is 48.6 Å². The molecule has 138 valence electrons. The average molecular weight is 336 g/mol. The van der Waals surface area contributed by atoms with Gasteiger partial charge in [0.1, 0.15) is 0 Å². The lowest BCUT2D eigenvalue weighted by atomic mass is 10.2. The molecule has 0 aromatic heterocycles. The van der Waals surface area contributed by atoms with Crippen molar-refractivity contribution in [2.45, 2.75) is 71.0 Å². The summed E-state index contributed by atoms with van der Waals surface area (Å²) in [6.07, 6.45) is 21.6. The van der Waals surface area contributed by atoms with Crippen LogP contribution in [0.5, 0.6) is 0 Å². The summed E-state index contributed by atoms with van der Waals surface area (Å²) >= 11 is 0. The Labute approximate surface area is 148 Å². The van der Waals surface area contributed by atoms with Crippen molar-refractivity contribution in [2.75, 3.05) is 13.1 Å². The molecule has 0 heterocycles. The number of unbranched alkanes of at least 4 members (excludes halogenated alkanes) is 3. The summed E-state index contributed by atoms with van der Waals surface area (Å²) in [6.45, 7) is 6.18. The van der Waals surface area contributed by atoms with Crippen LogP contribution in [0, 0.1) is 0 Å². The van der Waals surface area contributed by atoms with Gasteiger partial charge in [0.2, 0.25) is 0 Å². The fourth-order valence-corrected chi connectivity index (χ4v) is 2.14. The summed E-state index contributed by atoms with van der Waals surface area (Å²) in [5, 5.41) is 22.9. The first-order chi connectivity index (χ1) is 11.7. The van der Waals surface area contributed by atoms with Crippen LogP contribution in [0.4, 0.5) is 0 Å². The van der Waals surface area contributed by atoms with Crippen molar-refractivity contribution in [3.05, 3.63) is 48.6 Å². The fraction of sp³-hybridized carbons (Fsp3) is 0.619. The fourth-order valence-electron chi connectivity index (χ4n) is 2.14. The molecule has 0 aromatic rings. The predicted octanol–water partition coefficient (Wildman–Crippen LogP) is 4.29. The molecule has 0 amide bonds. The van der Waals surface area contributed by atoms with E-state index < -0.39 is 12.2 Å². The maximum atomic E-state index is 9.83. The Hall–Kier alpha value is -1.16. The van der Waals surface area contributed by atoms with Gasteiger partial charge >= 0.3 is 0 Å². The molecule has 24 heavy (non-hydrogen) atoms. The molecular weight excluding hydrogens is 298 g/mol. The van der Waals surface area contributed by atoms with Gasteiger partial charge in [-0.05, 0) is 38.8 Å². The largest absolute Gasteiger partial charge is 0.389 e. The molecule has 0 aliphatic rings. The van der Waals surface area contributed by atoms with Gasteiger partial charge in [0.15, 0.2) is 0 Å².